The monoisotopic (exact) mass is 486 g/mol. The van der Waals surface area contributed by atoms with E-state index in [-0.39, 0.29) is 24.0 Å². The van der Waals surface area contributed by atoms with Gasteiger partial charge in [-0.1, -0.05) is 19.1 Å². The van der Waals surface area contributed by atoms with E-state index in [4.69, 9.17) is 4.74 Å². The molecule has 1 aliphatic rings. The molecule has 0 saturated heterocycles. The topological polar surface area (TPSA) is 58.5 Å². The van der Waals surface area contributed by atoms with E-state index in [2.05, 4.69) is 45.0 Å². The first-order valence-electron chi connectivity index (χ1n) is 8.80. The zero-order valence-corrected chi connectivity index (χ0v) is 18.4. The Morgan fingerprint density at radius 1 is 1.35 bits per heavy atom. The number of nitrogens with zero attached hydrogens (tertiary/aromatic N) is 2. The quantitative estimate of drug-likeness (QED) is 0.336. The molecule has 2 aromatic heterocycles. The fourth-order valence-electron chi connectivity index (χ4n) is 2.42. The van der Waals surface area contributed by atoms with Crippen molar-refractivity contribution in [2.75, 3.05) is 20.2 Å². The Bertz CT molecular complexity index is 671. The number of hydrogen-bond donors (Lipinski definition) is 2. The van der Waals surface area contributed by atoms with Crippen LogP contribution in [0.25, 0.3) is 0 Å². The Morgan fingerprint density at radius 2 is 2.19 bits per heavy atom. The minimum Gasteiger partial charge on any atom is -0.477 e. The van der Waals surface area contributed by atoms with E-state index < -0.39 is 0 Å². The van der Waals surface area contributed by atoms with Crippen molar-refractivity contribution >= 4 is 41.3 Å². The molecule has 142 valence electrons. The summed E-state index contributed by atoms with van der Waals surface area (Å²) in [4.78, 5) is 10.0. The molecular formula is C19H27IN4OS. The maximum atomic E-state index is 5.67. The summed E-state index contributed by atoms with van der Waals surface area (Å²) in [5.74, 6) is 2.72. The molecule has 0 spiro atoms. The lowest BCUT2D eigenvalue weighted by atomic mass is 10.1. The predicted molar refractivity (Wildman–Crippen MR) is 119 cm³/mol. The number of nitrogens with one attached hydrogen (secondary N) is 2. The molecule has 1 fully saturated rings. The summed E-state index contributed by atoms with van der Waals surface area (Å²) in [5, 5.41) is 8.82. The second-order valence-electron chi connectivity index (χ2n) is 6.48. The van der Waals surface area contributed by atoms with Crippen LogP contribution in [-0.4, -0.2) is 31.1 Å². The summed E-state index contributed by atoms with van der Waals surface area (Å²) in [6.45, 7) is 4.55. The summed E-state index contributed by atoms with van der Waals surface area (Å²) >= 11 is 1.79. The Balaban J connectivity index is 0.00000243. The lowest BCUT2D eigenvalue weighted by Gasteiger charge is -2.15. The Morgan fingerprint density at radius 3 is 2.81 bits per heavy atom. The van der Waals surface area contributed by atoms with Crippen LogP contribution in [0.15, 0.2) is 40.8 Å². The van der Waals surface area contributed by atoms with E-state index in [1.54, 1.807) is 18.4 Å². The number of halogens is 1. The minimum absolute atomic E-state index is 0. The van der Waals surface area contributed by atoms with E-state index in [0.717, 1.165) is 30.6 Å². The molecule has 0 aliphatic heterocycles. The highest BCUT2D eigenvalue weighted by Gasteiger charge is 2.22. The largest absolute Gasteiger partial charge is 0.477 e. The molecule has 7 heteroatoms. The molecule has 3 rings (SSSR count). The molecule has 0 amide bonds. The molecule has 0 aromatic carbocycles. The lowest BCUT2D eigenvalue weighted by Crippen LogP contribution is -2.38. The molecule has 0 radical (unpaired) electrons. The van der Waals surface area contributed by atoms with E-state index in [1.807, 2.05) is 18.3 Å². The van der Waals surface area contributed by atoms with Crippen LogP contribution < -0.4 is 15.4 Å². The van der Waals surface area contributed by atoms with Gasteiger partial charge >= 0.3 is 0 Å². The van der Waals surface area contributed by atoms with Crippen LogP contribution in [0, 0.1) is 5.92 Å². The van der Waals surface area contributed by atoms with Crippen molar-refractivity contribution in [1.29, 1.82) is 0 Å². The summed E-state index contributed by atoms with van der Waals surface area (Å²) in [5.41, 5.74) is 1.10. The van der Waals surface area contributed by atoms with Gasteiger partial charge in [0.15, 0.2) is 5.96 Å². The molecule has 1 aliphatic carbocycles. The van der Waals surface area contributed by atoms with Crippen LogP contribution in [0.1, 0.15) is 36.1 Å². The van der Waals surface area contributed by atoms with Crippen molar-refractivity contribution in [3.63, 3.8) is 0 Å². The number of pyridine rings is 1. The molecule has 26 heavy (non-hydrogen) atoms. The maximum Gasteiger partial charge on any atom is 0.213 e. The van der Waals surface area contributed by atoms with Crippen LogP contribution in [0.4, 0.5) is 0 Å². The third kappa shape index (κ3) is 6.75. The van der Waals surface area contributed by atoms with Crippen molar-refractivity contribution in [2.24, 2.45) is 10.9 Å². The number of thiophene rings is 1. The molecule has 2 aromatic rings. The fraction of sp³-hybridized carbons (Fsp3) is 0.474. The smallest absolute Gasteiger partial charge is 0.213 e. The second-order valence-corrected chi connectivity index (χ2v) is 7.46. The third-order valence-electron chi connectivity index (χ3n) is 4.25. The van der Waals surface area contributed by atoms with Gasteiger partial charge in [-0.2, -0.15) is 0 Å². The number of guanidine groups is 1. The average Bonchev–Trinajstić information content (AvgIpc) is 3.31. The zero-order valence-electron chi connectivity index (χ0n) is 15.3. The van der Waals surface area contributed by atoms with Gasteiger partial charge in [-0.05, 0) is 35.8 Å². The van der Waals surface area contributed by atoms with Gasteiger partial charge in [0.25, 0.3) is 0 Å². The van der Waals surface area contributed by atoms with Crippen molar-refractivity contribution in [3.05, 3.63) is 46.3 Å². The Kier molecular flexibility index (Phi) is 8.64. The lowest BCUT2D eigenvalue weighted by molar-refractivity contribution is 0.288. The molecule has 1 saturated carbocycles. The molecule has 1 atom stereocenters. The van der Waals surface area contributed by atoms with Crippen molar-refractivity contribution in [3.8, 4) is 5.88 Å². The highest BCUT2D eigenvalue weighted by atomic mass is 127. The predicted octanol–water partition coefficient (Wildman–Crippen LogP) is 4.02. The van der Waals surface area contributed by atoms with Crippen LogP contribution in [0.5, 0.6) is 5.88 Å². The molecule has 5 nitrogen and oxygen atoms in total. The van der Waals surface area contributed by atoms with E-state index in [0.29, 0.717) is 18.3 Å². The van der Waals surface area contributed by atoms with Gasteiger partial charge in [0, 0.05) is 43.2 Å². The number of ether oxygens (including phenoxy) is 1. The number of aliphatic imine (C=N–C) groups is 1. The van der Waals surface area contributed by atoms with Crippen molar-refractivity contribution < 1.29 is 4.74 Å². The normalized spacial score (nSPS) is 15.1. The minimum atomic E-state index is 0. The van der Waals surface area contributed by atoms with Gasteiger partial charge in [-0.25, -0.2) is 4.98 Å². The molecule has 0 bridgehead atoms. The van der Waals surface area contributed by atoms with E-state index >= 15 is 0 Å². The zero-order chi connectivity index (χ0) is 17.5. The van der Waals surface area contributed by atoms with Crippen molar-refractivity contribution in [1.82, 2.24) is 15.6 Å². The van der Waals surface area contributed by atoms with Gasteiger partial charge in [-0.15, -0.1) is 35.3 Å². The first-order chi connectivity index (χ1) is 12.2. The summed E-state index contributed by atoms with van der Waals surface area (Å²) in [6, 6.07) is 8.25. The van der Waals surface area contributed by atoms with Crippen LogP contribution in [0.2, 0.25) is 0 Å². The first kappa shape index (κ1) is 21.0. The fourth-order valence-corrected chi connectivity index (χ4v) is 3.20. The maximum absolute atomic E-state index is 5.67. The van der Waals surface area contributed by atoms with E-state index in [1.165, 1.54) is 17.7 Å². The molecule has 2 N–H and O–H groups in total. The standard InChI is InChI=1S/C19H26N4OS.HI/c1-14(17-4-3-9-25-17)10-22-19(20-2)23-12-16-7-8-18(21-11-16)24-13-15-5-6-15;/h3-4,7-9,11,14-15H,5-6,10,12-13H2,1-2H3,(H2,20,22,23);1H. The van der Waals surface area contributed by atoms with Gasteiger partial charge in [0.05, 0.1) is 6.61 Å². The molecular weight excluding hydrogens is 459 g/mol. The summed E-state index contributed by atoms with van der Waals surface area (Å²) in [7, 11) is 1.79. The number of hydrogen-bond acceptors (Lipinski definition) is 4. The highest BCUT2D eigenvalue weighted by molar-refractivity contribution is 14.0. The Labute approximate surface area is 176 Å². The van der Waals surface area contributed by atoms with Crippen LogP contribution in [0.3, 0.4) is 0 Å². The summed E-state index contributed by atoms with van der Waals surface area (Å²) < 4.78 is 5.67. The third-order valence-corrected chi connectivity index (χ3v) is 5.35. The Hall–Kier alpha value is -1.35. The van der Waals surface area contributed by atoms with Gasteiger partial charge < -0.3 is 15.4 Å². The van der Waals surface area contributed by atoms with Gasteiger partial charge in [0.2, 0.25) is 5.88 Å². The second kappa shape index (κ2) is 10.7. The number of aromatic nitrogens is 1. The van der Waals surface area contributed by atoms with Crippen LogP contribution >= 0.6 is 35.3 Å². The van der Waals surface area contributed by atoms with Gasteiger partial charge in [0.1, 0.15) is 0 Å². The SMILES string of the molecule is CN=C(NCc1ccc(OCC2CC2)nc1)NCC(C)c1cccs1.I. The van der Waals surface area contributed by atoms with E-state index in [9.17, 15) is 0 Å². The summed E-state index contributed by atoms with van der Waals surface area (Å²) in [6.07, 6.45) is 4.44. The molecule has 1 unspecified atom stereocenters. The highest BCUT2D eigenvalue weighted by Crippen LogP contribution is 2.29. The van der Waals surface area contributed by atoms with Crippen molar-refractivity contribution in [2.45, 2.75) is 32.2 Å². The average molecular weight is 486 g/mol. The molecule has 2 heterocycles. The first-order valence-corrected chi connectivity index (χ1v) is 9.68. The van der Waals surface area contributed by atoms with Gasteiger partial charge in [-0.3, -0.25) is 4.99 Å². The van der Waals surface area contributed by atoms with Crippen LogP contribution in [-0.2, 0) is 6.54 Å². The number of rotatable bonds is 8.